The van der Waals surface area contributed by atoms with Crippen LogP contribution in [0.2, 0.25) is 0 Å². The third kappa shape index (κ3) is 8.12. The summed E-state index contributed by atoms with van der Waals surface area (Å²) in [5, 5.41) is 0.985. The fourth-order valence-corrected chi connectivity index (χ4v) is 4.31. The van der Waals surface area contributed by atoms with Gasteiger partial charge in [-0.15, -0.1) is 0 Å². The zero-order chi connectivity index (χ0) is 26.7. The van der Waals surface area contributed by atoms with E-state index >= 15 is 0 Å². The summed E-state index contributed by atoms with van der Waals surface area (Å²) >= 11 is 0. The molecule has 1 unspecified atom stereocenters. The van der Waals surface area contributed by atoms with E-state index < -0.39 is 28.1 Å². The van der Waals surface area contributed by atoms with Gasteiger partial charge in [0.1, 0.15) is 23.3 Å². The maximum atomic E-state index is 12.7. The third-order valence-electron chi connectivity index (χ3n) is 5.19. The summed E-state index contributed by atoms with van der Waals surface area (Å²) in [5.41, 5.74) is 12.1. The first kappa shape index (κ1) is 28.9. The van der Waals surface area contributed by atoms with Gasteiger partial charge < -0.3 is 35.2 Å². The van der Waals surface area contributed by atoms with Gasteiger partial charge in [0, 0.05) is 30.1 Å². The second-order valence-electron chi connectivity index (χ2n) is 7.60. The second kappa shape index (κ2) is 13.7. The number of esters is 1. The summed E-state index contributed by atoms with van der Waals surface area (Å²) in [6, 6.07) is 8.23. The molecule has 5 N–H and O–H groups in total. The molecule has 0 bridgehead atoms. The smallest absolute Gasteiger partial charge is 0.328 e. The predicted octanol–water partition coefficient (Wildman–Crippen LogP) is 1.65. The van der Waals surface area contributed by atoms with Gasteiger partial charge in [-0.2, -0.15) is 0 Å². The van der Waals surface area contributed by atoms with E-state index in [1.165, 1.54) is 34.5 Å². The van der Waals surface area contributed by atoms with Crippen LogP contribution in [0.1, 0.15) is 18.4 Å². The number of hydrogen-bond donors (Lipinski definition) is 3. The Morgan fingerprint density at radius 1 is 0.944 bits per heavy atom. The van der Waals surface area contributed by atoms with Crippen LogP contribution < -0.4 is 39.9 Å². The van der Waals surface area contributed by atoms with E-state index in [1.807, 2.05) is 0 Å². The van der Waals surface area contributed by atoms with E-state index in [1.54, 1.807) is 36.4 Å². The van der Waals surface area contributed by atoms with Crippen LogP contribution in [0, 0.1) is 0 Å². The molecule has 2 aromatic carbocycles. The van der Waals surface area contributed by atoms with Crippen molar-refractivity contribution < 1.29 is 36.9 Å². The van der Waals surface area contributed by atoms with Gasteiger partial charge in [-0.1, -0.05) is 12.1 Å². The quantitative estimate of drug-likeness (QED) is 0.245. The predicted molar refractivity (Wildman–Crippen MR) is 136 cm³/mol. The number of sulfonamides is 1. The molecule has 0 radical (unpaired) electrons. The van der Waals surface area contributed by atoms with Crippen LogP contribution in [0.25, 0.3) is 6.08 Å². The Bertz CT molecular complexity index is 1130. The third-order valence-corrected chi connectivity index (χ3v) is 6.35. The maximum absolute atomic E-state index is 12.7. The number of carbonyl (C=O) groups is 1. The van der Waals surface area contributed by atoms with Crippen molar-refractivity contribution >= 4 is 22.1 Å². The number of ether oxygens (including phenoxy) is 5. The first-order valence-electron chi connectivity index (χ1n) is 11.0. The zero-order valence-electron chi connectivity index (χ0n) is 20.7. The van der Waals surface area contributed by atoms with Crippen LogP contribution in [0.4, 0.5) is 0 Å². The Balaban J connectivity index is 2.04. The molecule has 0 amide bonds. The molecule has 0 spiro atoms. The highest BCUT2D eigenvalue weighted by molar-refractivity contribution is 7.92. The highest BCUT2D eigenvalue weighted by Crippen LogP contribution is 2.35. The van der Waals surface area contributed by atoms with E-state index in [0.717, 1.165) is 5.41 Å². The lowest BCUT2D eigenvalue weighted by Gasteiger charge is -2.18. The summed E-state index contributed by atoms with van der Waals surface area (Å²) < 4.78 is 54.2. The number of benzene rings is 2. The van der Waals surface area contributed by atoms with Crippen molar-refractivity contribution in [1.82, 2.24) is 4.72 Å². The molecule has 0 aromatic heterocycles. The van der Waals surface area contributed by atoms with Crippen LogP contribution in [0.3, 0.4) is 0 Å². The Morgan fingerprint density at radius 2 is 1.53 bits per heavy atom. The van der Waals surface area contributed by atoms with E-state index in [0.29, 0.717) is 28.6 Å². The average Bonchev–Trinajstić information content (AvgIpc) is 2.89. The normalized spacial score (nSPS) is 13.2. The van der Waals surface area contributed by atoms with Crippen molar-refractivity contribution in [3.8, 4) is 28.7 Å². The van der Waals surface area contributed by atoms with Crippen LogP contribution in [0.15, 0.2) is 41.8 Å². The van der Waals surface area contributed by atoms with E-state index in [9.17, 15) is 13.2 Å². The van der Waals surface area contributed by atoms with Gasteiger partial charge >= 0.3 is 5.97 Å². The van der Waals surface area contributed by atoms with Crippen molar-refractivity contribution in [2.45, 2.75) is 24.9 Å². The molecule has 11 nitrogen and oxygen atoms in total. The molecule has 0 heterocycles. The minimum atomic E-state index is -3.91. The largest absolute Gasteiger partial charge is 0.496 e. The van der Waals surface area contributed by atoms with Gasteiger partial charge in [-0.05, 0) is 31.1 Å². The molecule has 198 valence electrons. The summed E-state index contributed by atoms with van der Waals surface area (Å²) in [6.45, 7) is -0.00345. The highest BCUT2D eigenvalue weighted by atomic mass is 32.2. The second-order valence-corrected chi connectivity index (χ2v) is 9.20. The Hall–Kier alpha value is -3.32. The van der Waals surface area contributed by atoms with Crippen molar-refractivity contribution in [2.75, 3.05) is 35.0 Å². The van der Waals surface area contributed by atoms with Gasteiger partial charge in [0.2, 0.25) is 10.0 Å². The number of nitrogens with two attached hydrogens (primary N) is 2. The lowest BCUT2D eigenvalue weighted by Crippen LogP contribution is -2.42. The molecule has 2 rings (SSSR count). The van der Waals surface area contributed by atoms with E-state index in [2.05, 4.69) is 4.72 Å². The van der Waals surface area contributed by atoms with E-state index in [4.69, 9.17) is 35.2 Å². The van der Waals surface area contributed by atoms with Crippen LogP contribution in [0.5, 0.6) is 28.7 Å². The Labute approximate surface area is 211 Å². The number of carbonyl (C=O) groups excluding carboxylic acids is 1. The number of para-hydroxylation sites is 2. The molecule has 0 aliphatic rings. The SMILES string of the molecule is COc1cc(OC)c(C=CS(=O)(=O)NC(CN)CC[C@@H](N)C(=O)Oc2ccccc2OC)c(OC)c1. The minimum Gasteiger partial charge on any atom is -0.496 e. The molecular weight excluding hydrogens is 490 g/mol. The lowest BCUT2D eigenvalue weighted by molar-refractivity contribution is -0.136. The molecule has 0 aliphatic carbocycles. The number of rotatable bonds is 14. The average molecular weight is 524 g/mol. The molecular formula is C24H33N3O8S. The summed E-state index contributed by atoms with van der Waals surface area (Å²) in [5.74, 6) is 1.19. The topological polar surface area (TPSA) is 161 Å². The highest BCUT2D eigenvalue weighted by Gasteiger charge is 2.22. The molecule has 36 heavy (non-hydrogen) atoms. The minimum absolute atomic E-state index is 0.00345. The summed E-state index contributed by atoms with van der Waals surface area (Å²) in [7, 11) is 1.94. The van der Waals surface area contributed by atoms with Crippen molar-refractivity contribution in [1.29, 1.82) is 0 Å². The van der Waals surface area contributed by atoms with Gasteiger partial charge in [0.05, 0.1) is 34.0 Å². The zero-order valence-corrected chi connectivity index (χ0v) is 21.5. The molecule has 12 heteroatoms. The Kier molecular flexibility index (Phi) is 11.0. The van der Waals surface area contributed by atoms with Gasteiger partial charge in [0.15, 0.2) is 11.5 Å². The monoisotopic (exact) mass is 523 g/mol. The Morgan fingerprint density at radius 3 is 2.06 bits per heavy atom. The summed E-state index contributed by atoms with van der Waals surface area (Å²) in [4.78, 5) is 12.4. The summed E-state index contributed by atoms with van der Waals surface area (Å²) in [6.07, 6.45) is 1.70. The number of methoxy groups -OCH3 is 4. The van der Waals surface area contributed by atoms with Gasteiger partial charge in [0.25, 0.3) is 0 Å². The van der Waals surface area contributed by atoms with Crippen LogP contribution in [-0.2, 0) is 14.8 Å². The number of nitrogens with one attached hydrogen (secondary N) is 1. The fourth-order valence-electron chi connectivity index (χ4n) is 3.24. The lowest BCUT2D eigenvalue weighted by atomic mass is 10.1. The standard InChI is InChI=1S/C24H33N3O8S/c1-31-17-13-22(33-3)18(23(14-17)34-4)11-12-36(29,30)27-16(15-25)9-10-19(26)24(28)35-21-8-6-5-7-20(21)32-2/h5-8,11-14,16,19,27H,9-10,15,25-26H2,1-4H3/t16?,19-/m1/s1. The molecule has 0 aliphatic heterocycles. The van der Waals surface area contributed by atoms with Crippen molar-refractivity contribution in [3.05, 3.63) is 47.4 Å². The van der Waals surface area contributed by atoms with Gasteiger partial charge in [-0.3, -0.25) is 0 Å². The van der Waals surface area contributed by atoms with Crippen molar-refractivity contribution in [3.63, 3.8) is 0 Å². The molecule has 2 aromatic rings. The molecule has 0 saturated carbocycles. The van der Waals surface area contributed by atoms with Crippen LogP contribution >= 0.6 is 0 Å². The molecule has 0 saturated heterocycles. The van der Waals surface area contributed by atoms with E-state index in [-0.39, 0.29) is 25.1 Å². The first-order valence-corrected chi connectivity index (χ1v) is 12.5. The molecule has 2 atom stereocenters. The number of hydrogen-bond acceptors (Lipinski definition) is 10. The van der Waals surface area contributed by atoms with Crippen molar-refractivity contribution in [2.24, 2.45) is 11.5 Å². The molecule has 0 fully saturated rings. The first-order chi connectivity index (χ1) is 17.2. The maximum Gasteiger partial charge on any atom is 0.328 e. The fraction of sp³-hybridized carbons (Fsp3) is 0.375. The van der Waals surface area contributed by atoms with Crippen LogP contribution in [-0.4, -0.2) is 61.5 Å². The van der Waals surface area contributed by atoms with Gasteiger partial charge in [-0.25, -0.2) is 17.9 Å².